The standard InChI is InChI=1S/C21H18N4OS/c1-24(14-16-13-22-25(15-16)17-7-3-2-4-8-17)21(26)12-11-20-23-18-9-5-6-10-19(18)27-20/h2-13,15H,14H2,1H3/b12-11+. The van der Waals surface area contributed by atoms with Gasteiger partial charge in [-0.2, -0.15) is 5.10 Å². The van der Waals surface area contributed by atoms with Crippen LogP contribution in [-0.4, -0.2) is 32.6 Å². The molecule has 2 aromatic heterocycles. The van der Waals surface area contributed by atoms with Gasteiger partial charge in [-0.05, 0) is 30.3 Å². The number of aromatic nitrogens is 3. The first-order valence-electron chi connectivity index (χ1n) is 8.57. The van der Waals surface area contributed by atoms with Gasteiger partial charge in [0.2, 0.25) is 5.91 Å². The smallest absolute Gasteiger partial charge is 0.246 e. The SMILES string of the molecule is CN(Cc1cnn(-c2ccccc2)c1)C(=O)/C=C/c1nc2ccccc2s1. The second-order valence-electron chi connectivity index (χ2n) is 6.18. The van der Waals surface area contributed by atoms with Crippen molar-refractivity contribution in [1.82, 2.24) is 19.7 Å². The molecule has 4 aromatic rings. The van der Waals surface area contributed by atoms with Crippen molar-refractivity contribution in [3.05, 3.63) is 83.6 Å². The lowest BCUT2D eigenvalue weighted by Gasteiger charge is -2.13. The second-order valence-corrected chi connectivity index (χ2v) is 7.24. The number of benzene rings is 2. The third-order valence-corrected chi connectivity index (χ3v) is 5.13. The molecular weight excluding hydrogens is 356 g/mol. The molecule has 0 saturated heterocycles. The molecule has 1 amide bonds. The monoisotopic (exact) mass is 374 g/mol. The molecule has 0 aliphatic heterocycles. The van der Waals surface area contributed by atoms with E-state index in [0.717, 1.165) is 26.5 Å². The van der Waals surface area contributed by atoms with Gasteiger partial charge in [-0.3, -0.25) is 4.79 Å². The molecule has 4 rings (SSSR count). The molecule has 0 atom stereocenters. The van der Waals surface area contributed by atoms with Crippen LogP contribution < -0.4 is 0 Å². The summed E-state index contributed by atoms with van der Waals surface area (Å²) in [4.78, 5) is 18.6. The van der Waals surface area contributed by atoms with Crippen LogP contribution in [0.1, 0.15) is 10.6 Å². The average molecular weight is 374 g/mol. The lowest BCUT2D eigenvalue weighted by Crippen LogP contribution is -2.23. The van der Waals surface area contributed by atoms with Crippen LogP contribution >= 0.6 is 11.3 Å². The zero-order valence-electron chi connectivity index (χ0n) is 14.8. The van der Waals surface area contributed by atoms with E-state index in [4.69, 9.17) is 0 Å². The molecule has 2 heterocycles. The molecule has 0 spiro atoms. The van der Waals surface area contributed by atoms with Gasteiger partial charge >= 0.3 is 0 Å². The van der Waals surface area contributed by atoms with E-state index in [1.165, 1.54) is 0 Å². The molecule has 0 aliphatic rings. The van der Waals surface area contributed by atoms with Crippen LogP contribution in [0.5, 0.6) is 0 Å². The van der Waals surface area contributed by atoms with Gasteiger partial charge < -0.3 is 4.90 Å². The Morgan fingerprint density at radius 2 is 1.93 bits per heavy atom. The number of hydrogen-bond acceptors (Lipinski definition) is 4. The van der Waals surface area contributed by atoms with Crippen molar-refractivity contribution in [2.24, 2.45) is 0 Å². The first kappa shape index (κ1) is 17.2. The molecule has 134 valence electrons. The van der Waals surface area contributed by atoms with Crippen LogP contribution in [0, 0.1) is 0 Å². The van der Waals surface area contributed by atoms with E-state index < -0.39 is 0 Å². The Kier molecular flexibility index (Phi) is 4.80. The van der Waals surface area contributed by atoms with Crippen LogP contribution in [0.25, 0.3) is 22.0 Å². The van der Waals surface area contributed by atoms with Crippen LogP contribution in [-0.2, 0) is 11.3 Å². The Hall–Kier alpha value is -3.25. The van der Waals surface area contributed by atoms with Gasteiger partial charge in [0.1, 0.15) is 5.01 Å². The number of carbonyl (C=O) groups excluding carboxylic acids is 1. The Balaban J connectivity index is 1.41. The van der Waals surface area contributed by atoms with Crippen LogP contribution in [0.4, 0.5) is 0 Å². The van der Waals surface area contributed by atoms with E-state index >= 15 is 0 Å². The van der Waals surface area contributed by atoms with Gasteiger partial charge in [-0.25, -0.2) is 9.67 Å². The van der Waals surface area contributed by atoms with Crippen molar-refractivity contribution in [2.75, 3.05) is 7.05 Å². The number of likely N-dealkylation sites (N-methyl/N-ethyl adjacent to an activating group) is 1. The van der Waals surface area contributed by atoms with E-state index in [2.05, 4.69) is 10.1 Å². The molecule has 0 bridgehead atoms. The van der Waals surface area contributed by atoms with E-state index in [9.17, 15) is 4.79 Å². The van der Waals surface area contributed by atoms with Gasteiger partial charge in [0.15, 0.2) is 0 Å². The van der Waals surface area contributed by atoms with Crippen LogP contribution in [0.3, 0.4) is 0 Å². The summed E-state index contributed by atoms with van der Waals surface area (Å²) < 4.78 is 2.93. The highest BCUT2D eigenvalue weighted by Gasteiger charge is 2.09. The molecule has 0 radical (unpaired) electrons. The van der Waals surface area contributed by atoms with Crippen LogP contribution in [0.15, 0.2) is 73.1 Å². The van der Waals surface area contributed by atoms with Crippen molar-refractivity contribution < 1.29 is 4.79 Å². The topological polar surface area (TPSA) is 51.0 Å². The van der Waals surface area contributed by atoms with Crippen molar-refractivity contribution in [1.29, 1.82) is 0 Å². The van der Waals surface area contributed by atoms with E-state index in [-0.39, 0.29) is 5.91 Å². The van der Waals surface area contributed by atoms with Gasteiger partial charge in [-0.15, -0.1) is 11.3 Å². The van der Waals surface area contributed by atoms with Crippen molar-refractivity contribution in [2.45, 2.75) is 6.54 Å². The summed E-state index contributed by atoms with van der Waals surface area (Å²) in [6.07, 6.45) is 7.07. The summed E-state index contributed by atoms with van der Waals surface area (Å²) >= 11 is 1.57. The molecule has 0 aliphatic carbocycles. The highest BCUT2D eigenvalue weighted by atomic mass is 32.1. The number of para-hydroxylation sites is 2. The molecule has 0 fully saturated rings. The molecule has 0 unspecified atom stereocenters. The predicted molar refractivity (Wildman–Crippen MR) is 109 cm³/mol. The van der Waals surface area contributed by atoms with Gasteiger partial charge in [-0.1, -0.05) is 30.3 Å². The van der Waals surface area contributed by atoms with Gasteiger partial charge in [0.05, 0.1) is 22.1 Å². The fraction of sp³-hybridized carbons (Fsp3) is 0.0952. The normalized spacial score (nSPS) is 11.3. The molecular formula is C21H18N4OS. The fourth-order valence-electron chi connectivity index (χ4n) is 2.75. The largest absolute Gasteiger partial charge is 0.338 e. The maximum absolute atomic E-state index is 12.4. The Morgan fingerprint density at radius 1 is 1.15 bits per heavy atom. The average Bonchev–Trinajstić information content (AvgIpc) is 3.33. The summed E-state index contributed by atoms with van der Waals surface area (Å²) in [7, 11) is 1.78. The Labute approximate surface area is 161 Å². The molecule has 27 heavy (non-hydrogen) atoms. The quantitative estimate of drug-likeness (QED) is 0.493. The van der Waals surface area contributed by atoms with E-state index in [0.29, 0.717) is 6.54 Å². The number of rotatable bonds is 5. The van der Waals surface area contributed by atoms with Crippen LogP contribution in [0.2, 0.25) is 0 Å². The van der Waals surface area contributed by atoms with E-state index in [1.54, 1.807) is 41.6 Å². The summed E-state index contributed by atoms with van der Waals surface area (Å²) in [5.74, 6) is -0.0679. The number of thiazole rings is 1. The second kappa shape index (κ2) is 7.55. The molecule has 5 nitrogen and oxygen atoms in total. The molecule has 0 N–H and O–H groups in total. The van der Waals surface area contributed by atoms with Gasteiger partial charge in [0.25, 0.3) is 0 Å². The first-order valence-corrected chi connectivity index (χ1v) is 9.38. The molecule has 6 heteroatoms. The minimum absolute atomic E-state index is 0.0679. The predicted octanol–water partition coefficient (Wildman–Crippen LogP) is 4.15. The number of fused-ring (bicyclic) bond motifs is 1. The minimum atomic E-state index is -0.0679. The molecule has 2 aromatic carbocycles. The summed E-state index contributed by atoms with van der Waals surface area (Å²) in [5.41, 5.74) is 2.92. The highest BCUT2D eigenvalue weighted by Crippen LogP contribution is 2.22. The zero-order valence-corrected chi connectivity index (χ0v) is 15.6. The minimum Gasteiger partial charge on any atom is -0.338 e. The van der Waals surface area contributed by atoms with Gasteiger partial charge in [0, 0.05) is 31.4 Å². The number of amides is 1. The highest BCUT2D eigenvalue weighted by molar-refractivity contribution is 7.19. The fourth-order valence-corrected chi connectivity index (χ4v) is 3.62. The van der Waals surface area contributed by atoms with Crippen molar-refractivity contribution >= 4 is 33.5 Å². The first-order chi connectivity index (χ1) is 13.2. The number of hydrogen-bond donors (Lipinski definition) is 0. The molecule has 0 saturated carbocycles. The lowest BCUT2D eigenvalue weighted by atomic mass is 10.3. The Morgan fingerprint density at radius 3 is 2.74 bits per heavy atom. The summed E-state index contributed by atoms with van der Waals surface area (Å²) in [6, 6.07) is 17.9. The Bertz CT molecular complexity index is 1060. The number of nitrogens with zero attached hydrogens (tertiary/aromatic N) is 4. The maximum Gasteiger partial charge on any atom is 0.246 e. The van der Waals surface area contributed by atoms with Crippen molar-refractivity contribution in [3.63, 3.8) is 0 Å². The number of carbonyl (C=O) groups is 1. The zero-order chi connectivity index (χ0) is 18.6. The summed E-state index contributed by atoms with van der Waals surface area (Å²) in [6.45, 7) is 0.496. The maximum atomic E-state index is 12.4. The third-order valence-electron chi connectivity index (χ3n) is 4.13. The van der Waals surface area contributed by atoms with Crippen molar-refractivity contribution in [3.8, 4) is 5.69 Å². The summed E-state index contributed by atoms with van der Waals surface area (Å²) in [5, 5.41) is 5.20. The van der Waals surface area contributed by atoms with E-state index in [1.807, 2.05) is 65.5 Å². The lowest BCUT2D eigenvalue weighted by molar-refractivity contribution is -0.125. The third kappa shape index (κ3) is 3.96.